The summed E-state index contributed by atoms with van der Waals surface area (Å²) in [7, 11) is 1.67. The maximum absolute atomic E-state index is 13.0. The number of nitrogens with one attached hydrogen (secondary N) is 1. The Kier molecular flexibility index (Phi) is 6.68. The van der Waals surface area contributed by atoms with E-state index in [-0.39, 0.29) is 24.1 Å². The summed E-state index contributed by atoms with van der Waals surface area (Å²) < 4.78 is 44.8. The highest BCUT2D eigenvalue weighted by molar-refractivity contribution is 6.31. The van der Waals surface area contributed by atoms with E-state index in [4.69, 9.17) is 16.3 Å². The van der Waals surface area contributed by atoms with Crippen LogP contribution in [0.3, 0.4) is 0 Å². The van der Waals surface area contributed by atoms with E-state index in [1.54, 1.807) is 7.05 Å². The molecule has 2 aromatic rings. The Bertz CT molecular complexity index is 1090. The van der Waals surface area contributed by atoms with Gasteiger partial charge in [-0.2, -0.15) is 13.2 Å². The topological polar surface area (TPSA) is 54.5 Å². The largest absolute Gasteiger partial charge is 0.487 e. The van der Waals surface area contributed by atoms with E-state index in [0.29, 0.717) is 5.75 Å². The number of ether oxygens (including phenoxy) is 1. The van der Waals surface area contributed by atoms with E-state index in [2.05, 4.69) is 22.1 Å². The summed E-state index contributed by atoms with van der Waals surface area (Å²) >= 11 is 5.63. The molecule has 33 heavy (non-hydrogen) atoms. The average Bonchev–Trinajstić information content (AvgIpc) is 2.75. The van der Waals surface area contributed by atoms with Crippen molar-refractivity contribution < 1.29 is 22.7 Å². The quantitative estimate of drug-likeness (QED) is 0.651. The fraction of sp³-hybridized carbons (Fsp3) is 0.417. The third-order valence-corrected chi connectivity index (χ3v) is 6.56. The number of halogens is 4. The van der Waals surface area contributed by atoms with Crippen molar-refractivity contribution in [3.05, 3.63) is 63.4 Å². The molecule has 176 valence electrons. The smallest absolute Gasteiger partial charge is 0.434 e. The molecule has 2 aliphatic rings. The predicted molar refractivity (Wildman–Crippen MR) is 120 cm³/mol. The second-order valence-electron chi connectivity index (χ2n) is 8.47. The van der Waals surface area contributed by atoms with Gasteiger partial charge in [0.15, 0.2) is 5.69 Å². The molecular formula is C24H25ClF3N3O2. The first kappa shape index (κ1) is 23.6. The molecule has 1 amide bonds. The number of carbonyl (C=O) groups excluding carboxylic acids is 1. The second-order valence-corrected chi connectivity index (χ2v) is 8.88. The van der Waals surface area contributed by atoms with E-state index in [1.165, 1.54) is 23.3 Å². The number of aromatic nitrogens is 1. The lowest BCUT2D eigenvalue weighted by Crippen LogP contribution is -2.53. The van der Waals surface area contributed by atoms with Gasteiger partial charge in [0.2, 0.25) is 5.91 Å². The van der Waals surface area contributed by atoms with Crippen molar-refractivity contribution in [2.45, 2.75) is 32.5 Å². The number of hydrogen-bond acceptors (Lipinski definition) is 4. The Hall–Kier alpha value is -2.58. The maximum Gasteiger partial charge on any atom is 0.434 e. The number of benzene rings is 1. The normalized spacial score (nSPS) is 16.9. The number of pyridine rings is 1. The molecule has 1 fully saturated rings. The number of nitrogens with zero attached hydrogens (tertiary/aromatic N) is 2. The molecule has 0 bridgehead atoms. The number of carbonyl (C=O) groups is 1. The van der Waals surface area contributed by atoms with Gasteiger partial charge in [-0.15, -0.1) is 0 Å². The number of rotatable bonds is 6. The molecule has 1 saturated heterocycles. The molecule has 1 aliphatic heterocycles. The van der Waals surface area contributed by atoms with Crippen molar-refractivity contribution >= 4 is 23.1 Å². The molecule has 5 nitrogen and oxygen atoms in total. The fourth-order valence-electron chi connectivity index (χ4n) is 4.35. The Balaban J connectivity index is 1.40. The number of hydrogen-bond donors (Lipinski definition) is 1. The summed E-state index contributed by atoms with van der Waals surface area (Å²) in [5.41, 5.74) is 3.98. The van der Waals surface area contributed by atoms with Crippen LogP contribution in [0.25, 0.3) is 5.57 Å². The van der Waals surface area contributed by atoms with E-state index in [0.717, 1.165) is 43.6 Å². The minimum Gasteiger partial charge on any atom is -0.487 e. The zero-order chi connectivity index (χ0) is 23.8. The van der Waals surface area contributed by atoms with Gasteiger partial charge in [-0.3, -0.25) is 9.69 Å². The number of amides is 1. The van der Waals surface area contributed by atoms with Gasteiger partial charge in [0.05, 0.1) is 16.6 Å². The standard InChI is InChI=1S/C24H25ClF3N3O2/c1-14-16(10-31-11-17(12-31)23(32)29-2)4-3-15-9-19(6-7-20(14)15)33-13-18-5-8-21(25)22(30-18)24(26,27)28/h5-9,17H,3-4,10-13H2,1-2H3,(H,29,32). The number of aryl methyl sites for hydroxylation is 1. The molecule has 0 saturated carbocycles. The summed E-state index contributed by atoms with van der Waals surface area (Å²) in [6, 6.07) is 8.39. The molecule has 1 aliphatic carbocycles. The number of fused-ring (bicyclic) bond motifs is 1. The zero-order valence-corrected chi connectivity index (χ0v) is 19.2. The van der Waals surface area contributed by atoms with Crippen molar-refractivity contribution in [3.63, 3.8) is 0 Å². The third kappa shape index (κ3) is 5.17. The summed E-state index contributed by atoms with van der Waals surface area (Å²) in [6.45, 7) is 4.46. The molecule has 0 unspecified atom stereocenters. The molecular weight excluding hydrogens is 455 g/mol. The first-order valence-corrected chi connectivity index (χ1v) is 11.1. The van der Waals surface area contributed by atoms with Gasteiger partial charge in [-0.1, -0.05) is 23.2 Å². The van der Waals surface area contributed by atoms with Gasteiger partial charge in [-0.25, -0.2) is 4.98 Å². The van der Waals surface area contributed by atoms with Crippen molar-refractivity contribution in [1.29, 1.82) is 0 Å². The van der Waals surface area contributed by atoms with Crippen LogP contribution in [0.4, 0.5) is 13.2 Å². The highest BCUT2D eigenvalue weighted by Gasteiger charge is 2.35. The number of allylic oxidation sites excluding steroid dienone is 1. The summed E-state index contributed by atoms with van der Waals surface area (Å²) in [6.07, 6.45) is -2.82. The van der Waals surface area contributed by atoms with Crippen LogP contribution >= 0.6 is 11.6 Å². The van der Waals surface area contributed by atoms with E-state index in [1.807, 2.05) is 18.2 Å². The summed E-state index contributed by atoms with van der Waals surface area (Å²) in [4.78, 5) is 17.6. The summed E-state index contributed by atoms with van der Waals surface area (Å²) in [5, 5.41) is 2.27. The monoisotopic (exact) mass is 479 g/mol. The Labute approximate surface area is 195 Å². The van der Waals surface area contributed by atoms with E-state index < -0.39 is 16.9 Å². The van der Waals surface area contributed by atoms with Gasteiger partial charge in [0.1, 0.15) is 12.4 Å². The molecule has 2 heterocycles. The molecule has 1 N–H and O–H groups in total. The molecule has 0 spiro atoms. The predicted octanol–water partition coefficient (Wildman–Crippen LogP) is 4.73. The zero-order valence-electron chi connectivity index (χ0n) is 18.4. The van der Waals surface area contributed by atoms with Gasteiger partial charge < -0.3 is 10.1 Å². The van der Waals surface area contributed by atoms with Crippen molar-refractivity contribution in [1.82, 2.24) is 15.2 Å². The average molecular weight is 480 g/mol. The van der Waals surface area contributed by atoms with Crippen LogP contribution in [0.1, 0.15) is 35.9 Å². The minimum atomic E-state index is -4.61. The molecule has 1 aromatic heterocycles. The van der Waals surface area contributed by atoms with E-state index >= 15 is 0 Å². The Morgan fingerprint density at radius 3 is 2.70 bits per heavy atom. The fourth-order valence-corrected chi connectivity index (χ4v) is 4.56. The van der Waals surface area contributed by atoms with Crippen LogP contribution in [0.15, 0.2) is 35.9 Å². The van der Waals surface area contributed by atoms with Crippen LogP contribution < -0.4 is 10.1 Å². The van der Waals surface area contributed by atoms with Crippen LogP contribution in [0, 0.1) is 5.92 Å². The van der Waals surface area contributed by atoms with Gasteiger partial charge in [0.25, 0.3) is 0 Å². The first-order valence-electron chi connectivity index (χ1n) is 10.8. The Morgan fingerprint density at radius 2 is 2.00 bits per heavy atom. The highest BCUT2D eigenvalue weighted by Crippen LogP contribution is 2.35. The Morgan fingerprint density at radius 1 is 1.24 bits per heavy atom. The lowest BCUT2D eigenvalue weighted by atomic mass is 9.85. The maximum atomic E-state index is 13.0. The van der Waals surface area contributed by atoms with E-state index in [9.17, 15) is 18.0 Å². The first-order chi connectivity index (χ1) is 15.7. The van der Waals surface area contributed by atoms with Crippen LogP contribution in [0.2, 0.25) is 5.02 Å². The second kappa shape index (κ2) is 9.35. The van der Waals surface area contributed by atoms with Crippen molar-refractivity contribution in [2.75, 3.05) is 26.7 Å². The lowest BCUT2D eigenvalue weighted by Gasteiger charge is -2.39. The highest BCUT2D eigenvalue weighted by atomic mass is 35.5. The summed E-state index contributed by atoms with van der Waals surface area (Å²) in [5.74, 6) is 0.766. The van der Waals surface area contributed by atoms with Gasteiger partial charge in [0, 0.05) is 26.7 Å². The number of likely N-dealkylation sites (tertiary alicyclic amines) is 1. The molecule has 4 rings (SSSR count). The molecule has 9 heteroatoms. The molecule has 0 atom stereocenters. The SMILES string of the molecule is CNC(=O)C1CN(CC2=C(C)c3ccc(OCc4ccc(Cl)c(C(F)(F)F)n4)cc3CC2)C1. The van der Waals surface area contributed by atoms with Crippen molar-refractivity contribution in [2.24, 2.45) is 5.92 Å². The van der Waals surface area contributed by atoms with Crippen LogP contribution in [-0.2, 0) is 24.0 Å². The number of alkyl halides is 3. The minimum absolute atomic E-state index is 0.0776. The lowest BCUT2D eigenvalue weighted by molar-refractivity contribution is -0.141. The van der Waals surface area contributed by atoms with Gasteiger partial charge in [-0.05, 0) is 60.7 Å². The van der Waals surface area contributed by atoms with Crippen LogP contribution in [-0.4, -0.2) is 42.5 Å². The van der Waals surface area contributed by atoms with Crippen LogP contribution in [0.5, 0.6) is 5.75 Å². The molecule has 0 radical (unpaired) electrons. The van der Waals surface area contributed by atoms with Crippen molar-refractivity contribution in [3.8, 4) is 5.75 Å². The molecule has 1 aromatic carbocycles. The third-order valence-electron chi connectivity index (χ3n) is 6.25. The van der Waals surface area contributed by atoms with Gasteiger partial charge >= 0.3 is 6.18 Å².